The van der Waals surface area contributed by atoms with Crippen molar-refractivity contribution in [2.24, 2.45) is 7.05 Å². The summed E-state index contributed by atoms with van der Waals surface area (Å²) in [7, 11) is 1.86. The number of hydrogen-bond acceptors (Lipinski definition) is 3. The van der Waals surface area contributed by atoms with Gasteiger partial charge in [0.1, 0.15) is 0 Å². The van der Waals surface area contributed by atoms with E-state index in [0.717, 1.165) is 16.5 Å². The lowest BCUT2D eigenvalue weighted by Gasteiger charge is -2.10. The third kappa shape index (κ3) is 4.96. The number of aryl methyl sites for hydroxylation is 1. The first kappa shape index (κ1) is 20.9. The number of aromatic nitrogens is 1. The van der Waals surface area contributed by atoms with Crippen LogP contribution >= 0.6 is 0 Å². The van der Waals surface area contributed by atoms with Crippen molar-refractivity contribution in [2.45, 2.75) is 26.4 Å². The molecule has 0 atom stereocenters. The molecular formula is C22H25N5O3. The fourth-order valence-electron chi connectivity index (χ4n) is 3.05. The van der Waals surface area contributed by atoms with Gasteiger partial charge in [-0.25, -0.2) is 4.79 Å². The zero-order valence-corrected chi connectivity index (χ0v) is 17.2. The van der Waals surface area contributed by atoms with E-state index in [0.29, 0.717) is 17.7 Å². The predicted molar refractivity (Wildman–Crippen MR) is 115 cm³/mol. The van der Waals surface area contributed by atoms with E-state index >= 15 is 0 Å². The van der Waals surface area contributed by atoms with Gasteiger partial charge in [0.15, 0.2) is 0 Å². The minimum atomic E-state index is -0.430. The molecule has 8 nitrogen and oxygen atoms in total. The number of rotatable bonds is 5. The number of para-hydroxylation sites is 1. The number of carbonyl (C=O) groups excluding carboxylic acids is 3. The number of nitrogens with zero attached hydrogens (tertiary/aromatic N) is 1. The van der Waals surface area contributed by atoms with Gasteiger partial charge in [-0.15, -0.1) is 0 Å². The van der Waals surface area contributed by atoms with Crippen molar-refractivity contribution in [2.75, 3.05) is 0 Å². The lowest BCUT2D eigenvalue weighted by Crippen LogP contribution is -2.41. The Morgan fingerprint density at radius 2 is 1.60 bits per heavy atom. The summed E-state index contributed by atoms with van der Waals surface area (Å²) in [4.78, 5) is 36.5. The maximum Gasteiger partial charge on any atom is 0.315 e. The molecule has 156 valence electrons. The molecule has 1 aromatic heterocycles. The molecule has 3 rings (SSSR count). The Bertz CT molecular complexity index is 1070. The number of nitrogens with one attached hydrogen (secondary N) is 4. The molecule has 4 amide bonds. The number of benzene rings is 2. The fraction of sp³-hybridized carbons (Fsp3) is 0.227. The van der Waals surface area contributed by atoms with Gasteiger partial charge in [-0.05, 0) is 37.6 Å². The van der Waals surface area contributed by atoms with Gasteiger partial charge >= 0.3 is 6.03 Å². The maximum atomic E-state index is 12.5. The van der Waals surface area contributed by atoms with Crippen molar-refractivity contribution in [3.63, 3.8) is 0 Å². The van der Waals surface area contributed by atoms with E-state index < -0.39 is 11.8 Å². The van der Waals surface area contributed by atoms with Gasteiger partial charge in [-0.2, -0.15) is 0 Å². The highest BCUT2D eigenvalue weighted by atomic mass is 16.2. The van der Waals surface area contributed by atoms with Crippen LogP contribution in [0.1, 0.15) is 40.1 Å². The number of fused-ring (bicyclic) bond motifs is 1. The lowest BCUT2D eigenvalue weighted by atomic mass is 10.1. The van der Waals surface area contributed by atoms with Crippen LogP contribution in [0.15, 0.2) is 54.7 Å². The second kappa shape index (κ2) is 9.13. The van der Waals surface area contributed by atoms with E-state index in [4.69, 9.17) is 0 Å². The quantitative estimate of drug-likeness (QED) is 0.488. The molecule has 0 fully saturated rings. The Hall–Kier alpha value is -3.81. The topological polar surface area (TPSA) is 104 Å². The molecule has 2 aromatic carbocycles. The molecular weight excluding hydrogens is 382 g/mol. The molecule has 0 bridgehead atoms. The summed E-state index contributed by atoms with van der Waals surface area (Å²) >= 11 is 0. The van der Waals surface area contributed by atoms with Gasteiger partial charge in [-0.3, -0.25) is 20.4 Å². The number of hydrogen-bond donors (Lipinski definition) is 4. The van der Waals surface area contributed by atoms with Gasteiger partial charge in [0, 0.05) is 42.3 Å². The predicted octanol–water partition coefficient (Wildman–Crippen LogP) is 2.46. The Balaban J connectivity index is 1.55. The van der Waals surface area contributed by atoms with Crippen LogP contribution in [0.4, 0.5) is 4.79 Å². The minimum absolute atomic E-state index is 0.0557. The minimum Gasteiger partial charge on any atom is -0.350 e. The fourth-order valence-corrected chi connectivity index (χ4v) is 3.05. The van der Waals surface area contributed by atoms with Crippen LogP contribution in [0.3, 0.4) is 0 Å². The average molecular weight is 407 g/mol. The molecule has 8 heteroatoms. The van der Waals surface area contributed by atoms with E-state index in [9.17, 15) is 14.4 Å². The van der Waals surface area contributed by atoms with Crippen molar-refractivity contribution >= 4 is 28.7 Å². The second-order valence-corrected chi connectivity index (χ2v) is 7.26. The molecule has 4 N–H and O–H groups in total. The van der Waals surface area contributed by atoms with Gasteiger partial charge in [-0.1, -0.05) is 30.3 Å². The molecule has 3 aromatic rings. The van der Waals surface area contributed by atoms with Gasteiger partial charge in [0.2, 0.25) is 0 Å². The third-order valence-corrected chi connectivity index (χ3v) is 4.52. The van der Waals surface area contributed by atoms with Crippen LogP contribution in [0, 0.1) is 0 Å². The van der Waals surface area contributed by atoms with Crippen LogP contribution in [-0.4, -0.2) is 28.5 Å². The largest absolute Gasteiger partial charge is 0.350 e. The number of hydrazine groups is 1. The van der Waals surface area contributed by atoms with Crippen molar-refractivity contribution in [1.29, 1.82) is 0 Å². The summed E-state index contributed by atoms with van der Waals surface area (Å²) in [5.41, 5.74) is 7.55. The van der Waals surface area contributed by atoms with Crippen LogP contribution in [-0.2, 0) is 13.6 Å². The first-order valence-electron chi connectivity index (χ1n) is 9.63. The van der Waals surface area contributed by atoms with E-state index in [2.05, 4.69) is 21.5 Å². The Labute approximate surface area is 174 Å². The zero-order chi connectivity index (χ0) is 21.7. The monoisotopic (exact) mass is 407 g/mol. The number of urea groups is 1. The normalized spacial score (nSPS) is 10.7. The maximum absolute atomic E-state index is 12.5. The van der Waals surface area contributed by atoms with Crippen molar-refractivity contribution < 1.29 is 14.4 Å². The summed E-state index contributed by atoms with van der Waals surface area (Å²) in [5, 5.41) is 6.29. The van der Waals surface area contributed by atoms with Crippen molar-refractivity contribution in [3.05, 3.63) is 71.4 Å². The first-order chi connectivity index (χ1) is 14.3. The summed E-state index contributed by atoms with van der Waals surface area (Å²) in [6.45, 7) is 4.11. The Morgan fingerprint density at radius 1 is 0.933 bits per heavy atom. The molecule has 1 heterocycles. The summed E-state index contributed by atoms with van der Waals surface area (Å²) in [6.07, 6.45) is 1.73. The molecule has 0 saturated heterocycles. The van der Waals surface area contributed by atoms with Crippen LogP contribution in [0.25, 0.3) is 10.9 Å². The SMILES string of the molecule is CC(C)NC(=O)NCc1ccc(C(=O)NNC(=O)c2cn(C)c3ccccc23)cc1. The third-order valence-electron chi connectivity index (χ3n) is 4.52. The first-order valence-corrected chi connectivity index (χ1v) is 9.63. The van der Waals surface area contributed by atoms with E-state index in [-0.39, 0.29) is 12.1 Å². The molecule has 0 aliphatic heterocycles. The van der Waals surface area contributed by atoms with E-state index in [1.54, 1.807) is 30.5 Å². The summed E-state index contributed by atoms with van der Waals surface area (Å²) in [5.74, 6) is -0.821. The molecule has 0 unspecified atom stereocenters. The van der Waals surface area contributed by atoms with E-state index in [1.165, 1.54) is 0 Å². The van der Waals surface area contributed by atoms with Gasteiger partial charge in [0.25, 0.3) is 11.8 Å². The smallest absolute Gasteiger partial charge is 0.315 e. The molecule has 0 aliphatic carbocycles. The van der Waals surface area contributed by atoms with Gasteiger partial charge < -0.3 is 15.2 Å². The summed E-state index contributed by atoms with van der Waals surface area (Å²) < 4.78 is 1.86. The molecule has 0 spiro atoms. The lowest BCUT2D eigenvalue weighted by molar-refractivity contribution is 0.0847. The Kier molecular flexibility index (Phi) is 6.36. The average Bonchev–Trinajstić information content (AvgIpc) is 3.07. The summed E-state index contributed by atoms with van der Waals surface area (Å²) in [6, 6.07) is 14.1. The van der Waals surface area contributed by atoms with E-state index in [1.807, 2.05) is 49.7 Å². The second-order valence-electron chi connectivity index (χ2n) is 7.26. The van der Waals surface area contributed by atoms with Crippen LogP contribution in [0.2, 0.25) is 0 Å². The molecule has 0 aliphatic rings. The number of carbonyl (C=O) groups is 3. The number of amides is 4. The zero-order valence-electron chi connectivity index (χ0n) is 17.2. The standard InChI is InChI=1S/C22H25N5O3/c1-14(2)24-22(30)23-12-15-8-10-16(11-9-15)20(28)25-26-21(29)18-13-27(3)19-7-5-4-6-17(18)19/h4-11,13-14H,12H2,1-3H3,(H,25,28)(H,26,29)(H2,23,24,30). The van der Waals surface area contributed by atoms with Crippen LogP contribution in [0.5, 0.6) is 0 Å². The van der Waals surface area contributed by atoms with Crippen LogP contribution < -0.4 is 21.5 Å². The highest BCUT2D eigenvalue weighted by Gasteiger charge is 2.14. The Morgan fingerprint density at radius 3 is 2.30 bits per heavy atom. The van der Waals surface area contributed by atoms with Gasteiger partial charge in [0.05, 0.1) is 5.56 Å². The molecule has 0 radical (unpaired) electrons. The van der Waals surface area contributed by atoms with Crippen molar-refractivity contribution in [3.8, 4) is 0 Å². The van der Waals surface area contributed by atoms with Crippen molar-refractivity contribution in [1.82, 2.24) is 26.1 Å². The molecule has 0 saturated carbocycles. The molecule has 30 heavy (non-hydrogen) atoms. The highest BCUT2D eigenvalue weighted by Crippen LogP contribution is 2.19. The highest BCUT2D eigenvalue weighted by molar-refractivity contribution is 6.08.